The third-order valence-corrected chi connectivity index (χ3v) is 4.34. The van der Waals surface area contributed by atoms with Crippen molar-refractivity contribution in [3.63, 3.8) is 0 Å². The highest BCUT2D eigenvalue weighted by Crippen LogP contribution is 2.18. The molecule has 2 N–H and O–H groups in total. The second kappa shape index (κ2) is 7.97. The van der Waals surface area contributed by atoms with Crippen LogP contribution in [0.25, 0.3) is 0 Å². The van der Waals surface area contributed by atoms with Crippen molar-refractivity contribution in [3.8, 4) is 0 Å². The van der Waals surface area contributed by atoms with E-state index in [-0.39, 0.29) is 6.61 Å². The summed E-state index contributed by atoms with van der Waals surface area (Å²) >= 11 is 0. The normalized spacial score (nSPS) is 14.0. The molecule has 1 aliphatic rings. The number of hydrogen-bond donors (Lipinski definition) is 2. The predicted octanol–water partition coefficient (Wildman–Crippen LogP) is 2.12. The molecule has 0 spiro atoms. The van der Waals surface area contributed by atoms with Crippen LogP contribution in [0.1, 0.15) is 18.4 Å². The van der Waals surface area contributed by atoms with E-state index in [0.29, 0.717) is 13.1 Å². The highest BCUT2D eigenvalue weighted by molar-refractivity contribution is 5.49. The molecule has 0 radical (unpaired) electrons. The Morgan fingerprint density at radius 2 is 1.96 bits per heavy atom. The molecule has 6 heteroatoms. The fourth-order valence-electron chi connectivity index (χ4n) is 2.84. The molecule has 1 fully saturated rings. The summed E-state index contributed by atoms with van der Waals surface area (Å²) in [5.74, 6) is 1.91. The van der Waals surface area contributed by atoms with E-state index in [1.807, 2.05) is 36.5 Å². The number of aliphatic hydroxyl groups is 1. The van der Waals surface area contributed by atoms with Gasteiger partial charge in [-0.25, -0.2) is 9.97 Å². The molecule has 6 nitrogen and oxygen atoms in total. The van der Waals surface area contributed by atoms with Crippen molar-refractivity contribution in [1.82, 2.24) is 9.97 Å². The van der Waals surface area contributed by atoms with E-state index in [0.717, 1.165) is 36.0 Å². The Balaban J connectivity index is 1.53. The van der Waals surface area contributed by atoms with Crippen LogP contribution >= 0.6 is 0 Å². The highest BCUT2D eigenvalue weighted by atomic mass is 16.3. The van der Waals surface area contributed by atoms with Crippen molar-refractivity contribution in [3.05, 3.63) is 42.2 Å². The molecule has 3 rings (SSSR count). The molecular formula is C18H25N5O. The van der Waals surface area contributed by atoms with Crippen molar-refractivity contribution in [2.75, 3.05) is 48.4 Å². The summed E-state index contributed by atoms with van der Waals surface area (Å²) in [5, 5.41) is 12.3. The van der Waals surface area contributed by atoms with Crippen molar-refractivity contribution in [1.29, 1.82) is 0 Å². The van der Waals surface area contributed by atoms with Crippen LogP contribution < -0.4 is 15.1 Å². The molecule has 1 aliphatic heterocycles. The Labute approximate surface area is 143 Å². The molecule has 0 saturated carbocycles. The maximum Gasteiger partial charge on any atom is 0.128 e. The number of pyridine rings is 2. The topological polar surface area (TPSA) is 64.5 Å². The molecule has 0 unspecified atom stereocenters. The monoisotopic (exact) mass is 327 g/mol. The van der Waals surface area contributed by atoms with Crippen LogP contribution in [0.2, 0.25) is 0 Å². The smallest absolute Gasteiger partial charge is 0.128 e. The number of likely N-dealkylation sites (N-methyl/N-ethyl adjacent to an activating group) is 1. The fourth-order valence-corrected chi connectivity index (χ4v) is 2.84. The Morgan fingerprint density at radius 1 is 1.12 bits per heavy atom. The molecule has 1 saturated heterocycles. The van der Waals surface area contributed by atoms with E-state index in [1.54, 1.807) is 0 Å². The molecule has 0 aromatic carbocycles. The Kier molecular flexibility index (Phi) is 5.48. The van der Waals surface area contributed by atoms with E-state index in [1.165, 1.54) is 12.8 Å². The van der Waals surface area contributed by atoms with E-state index in [9.17, 15) is 0 Å². The third kappa shape index (κ3) is 4.14. The summed E-state index contributed by atoms with van der Waals surface area (Å²) < 4.78 is 0. The number of aromatic nitrogens is 2. The average Bonchev–Trinajstić information content (AvgIpc) is 3.16. The quantitative estimate of drug-likeness (QED) is 0.812. The van der Waals surface area contributed by atoms with Gasteiger partial charge in [0.2, 0.25) is 0 Å². The third-order valence-electron chi connectivity index (χ3n) is 4.34. The molecule has 24 heavy (non-hydrogen) atoms. The second-order valence-electron chi connectivity index (χ2n) is 6.12. The minimum absolute atomic E-state index is 0.136. The molecule has 128 valence electrons. The fraction of sp³-hybridized carbons (Fsp3) is 0.444. The lowest BCUT2D eigenvalue weighted by molar-refractivity contribution is 0.304. The van der Waals surface area contributed by atoms with Crippen molar-refractivity contribution in [2.24, 2.45) is 0 Å². The first-order valence-corrected chi connectivity index (χ1v) is 8.48. The minimum atomic E-state index is 0.136. The van der Waals surface area contributed by atoms with Crippen LogP contribution in [-0.2, 0) is 6.54 Å². The zero-order chi connectivity index (χ0) is 16.8. The summed E-state index contributed by atoms with van der Waals surface area (Å²) in [6, 6.07) is 8.18. The van der Waals surface area contributed by atoms with Gasteiger partial charge in [0.1, 0.15) is 11.6 Å². The van der Waals surface area contributed by atoms with Crippen molar-refractivity contribution >= 4 is 17.3 Å². The molecule has 2 aromatic heterocycles. The number of hydrogen-bond acceptors (Lipinski definition) is 6. The molecular weight excluding hydrogens is 302 g/mol. The van der Waals surface area contributed by atoms with Gasteiger partial charge >= 0.3 is 0 Å². The minimum Gasteiger partial charge on any atom is -0.395 e. The van der Waals surface area contributed by atoms with E-state index in [2.05, 4.69) is 32.3 Å². The van der Waals surface area contributed by atoms with Crippen LogP contribution in [0.15, 0.2) is 36.7 Å². The Bertz CT molecular complexity index is 623. The molecule has 0 aliphatic carbocycles. The molecule has 0 atom stereocenters. The van der Waals surface area contributed by atoms with Gasteiger partial charge in [0, 0.05) is 39.4 Å². The van der Waals surface area contributed by atoms with Crippen molar-refractivity contribution < 1.29 is 5.11 Å². The Hall–Kier alpha value is -2.34. The summed E-state index contributed by atoms with van der Waals surface area (Å²) in [7, 11) is 1.94. The van der Waals surface area contributed by atoms with E-state index in [4.69, 9.17) is 5.11 Å². The number of aliphatic hydroxyl groups excluding tert-OH is 1. The lowest BCUT2D eigenvalue weighted by atomic mass is 10.2. The predicted molar refractivity (Wildman–Crippen MR) is 97.6 cm³/mol. The maximum absolute atomic E-state index is 8.97. The van der Waals surface area contributed by atoms with E-state index < -0.39 is 0 Å². The first-order valence-electron chi connectivity index (χ1n) is 8.48. The lowest BCUT2D eigenvalue weighted by Crippen LogP contribution is -2.21. The second-order valence-corrected chi connectivity index (χ2v) is 6.12. The van der Waals surface area contributed by atoms with Gasteiger partial charge < -0.3 is 20.2 Å². The summed E-state index contributed by atoms with van der Waals surface area (Å²) in [6.07, 6.45) is 6.27. The summed E-state index contributed by atoms with van der Waals surface area (Å²) in [6.45, 7) is 3.67. The van der Waals surface area contributed by atoms with Crippen LogP contribution in [0.3, 0.4) is 0 Å². The van der Waals surface area contributed by atoms with Gasteiger partial charge in [-0.2, -0.15) is 0 Å². The zero-order valence-electron chi connectivity index (χ0n) is 14.1. The van der Waals surface area contributed by atoms with Crippen LogP contribution in [0.5, 0.6) is 0 Å². The van der Waals surface area contributed by atoms with Gasteiger partial charge in [0.05, 0.1) is 18.5 Å². The maximum atomic E-state index is 8.97. The highest BCUT2D eigenvalue weighted by Gasteiger charge is 2.12. The number of nitrogens with zero attached hydrogens (tertiary/aromatic N) is 4. The standard InChI is InChI=1S/C18H25N5O/c1-22(10-11-24)16-5-6-17(20-14-16)19-12-15-4-7-18(21-13-15)23-8-2-3-9-23/h4-7,13-14,24H,2-3,8-12H2,1H3,(H,19,20). The molecule has 3 heterocycles. The number of rotatable bonds is 7. The largest absolute Gasteiger partial charge is 0.395 e. The van der Waals surface area contributed by atoms with Crippen molar-refractivity contribution in [2.45, 2.75) is 19.4 Å². The Morgan fingerprint density at radius 3 is 2.58 bits per heavy atom. The van der Waals surface area contributed by atoms with Gasteiger partial charge in [-0.05, 0) is 36.6 Å². The number of anilines is 3. The van der Waals surface area contributed by atoms with Gasteiger partial charge in [-0.1, -0.05) is 6.07 Å². The van der Waals surface area contributed by atoms with Crippen LogP contribution in [-0.4, -0.2) is 48.4 Å². The van der Waals surface area contributed by atoms with Gasteiger partial charge in [0.15, 0.2) is 0 Å². The molecule has 0 amide bonds. The van der Waals surface area contributed by atoms with Gasteiger partial charge in [-0.15, -0.1) is 0 Å². The number of nitrogens with one attached hydrogen (secondary N) is 1. The first kappa shape index (κ1) is 16.5. The zero-order valence-corrected chi connectivity index (χ0v) is 14.1. The molecule has 2 aromatic rings. The molecule has 0 bridgehead atoms. The SMILES string of the molecule is CN(CCO)c1ccc(NCc2ccc(N3CCCC3)nc2)nc1. The summed E-state index contributed by atoms with van der Waals surface area (Å²) in [5.41, 5.74) is 2.13. The summed E-state index contributed by atoms with van der Waals surface area (Å²) in [4.78, 5) is 13.3. The van der Waals surface area contributed by atoms with Gasteiger partial charge in [-0.3, -0.25) is 0 Å². The first-order chi connectivity index (χ1) is 11.8. The van der Waals surface area contributed by atoms with Crippen LogP contribution in [0, 0.1) is 0 Å². The lowest BCUT2D eigenvalue weighted by Gasteiger charge is -2.18. The van der Waals surface area contributed by atoms with Gasteiger partial charge in [0.25, 0.3) is 0 Å². The van der Waals surface area contributed by atoms with E-state index >= 15 is 0 Å². The average molecular weight is 327 g/mol. The van der Waals surface area contributed by atoms with Crippen LogP contribution in [0.4, 0.5) is 17.3 Å².